The maximum absolute atomic E-state index is 12.8. The van der Waals surface area contributed by atoms with Crippen molar-refractivity contribution >= 4 is 17.9 Å². The van der Waals surface area contributed by atoms with Crippen LogP contribution in [-0.2, 0) is 28.6 Å². The fourth-order valence-electron chi connectivity index (χ4n) is 6.76. The molecule has 0 aromatic carbocycles. The van der Waals surface area contributed by atoms with E-state index in [1.165, 1.54) is 51.4 Å². The molecule has 0 aromatic heterocycles. The summed E-state index contributed by atoms with van der Waals surface area (Å²) in [6.07, 6.45) is 64.2. The molecule has 0 aromatic rings. The Morgan fingerprint density at radius 3 is 1.06 bits per heavy atom. The Balaban J connectivity index is 4.40. The van der Waals surface area contributed by atoms with Gasteiger partial charge in [0.1, 0.15) is 13.2 Å². The summed E-state index contributed by atoms with van der Waals surface area (Å²) in [6, 6.07) is 0. The number of hydrogen-bond donors (Lipinski definition) is 0. The minimum atomic E-state index is -0.792. The molecule has 0 heterocycles. The maximum atomic E-state index is 12.8. The highest BCUT2D eigenvalue weighted by Crippen LogP contribution is 2.13. The van der Waals surface area contributed by atoms with Crippen LogP contribution in [-0.4, -0.2) is 37.2 Å². The Hall–Kier alpha value is -3.41. The summed E-state index contributed by atoms with van der Waals surface area (Å²) in [5.41, 5.74) is 0. The van der Waals surface area contributed by atoms with Crippen molar-refractivity contribution in [1.82, 2.24) is 0 Å². The van der Waals surface area contributed by atoms with Crippen LogP contribution in [0.1, 0.15) is 233 Å². The fraction of sp³-hybridized carbons (Fsp3) is 0.696. The average molecular weight is 863 g/mol. The molecule has 0 radical (unpaired) electrons. The van der Waals surface area contributed by atoms with Crippen LogP contribution >= 0.6 is 0 Å². The summed E-state index contributed by atoms with van der Waals surface area (Å²) in [4.78, 5) is 37.9. The highest BCUT2D eigenvalue weighted by molar-refractivity contribution is 5.71. The molecule has 0 aliphatic heterocycles. The SMILES string of the molecule is CC/C=C\C/C=C\C/C=C\C/C=C\CCCCCCCCC(=O)OCC(COC(=O)CCCCCCC/C=C\CCC)OC(=O)CCCCCCC/C=C\C/C=C\CCCCC. The Labute approximate surface area is 382 Å². The predicted molar refractivity (Wildman–Crippen MR) is 265 cm³/mol. The van der Waals surface area contributed by atoms with Gasteiger partial charge in [0, 0.05) is 19.3 Å². The van der Waals surface area contributed by atoms with Gasteiger partial charge >= 0.3 is 17.9 Å². The number of carbonyl (C=O) groups is 3. The number of rotatable bonds is 45. The molecular formula is C56H94O6. The molecule has 0 rings (SSSR count). The summed E-state index contributed by atoms with van der Waals surface area (Å²) in [5, 5.41) is 0. The molecule has 0 saturated heterocycles. The molecule has 0 aliphatic carbocycles. The second kappa shape index (κ2) is 50.2. The zero-order valence-electron chi connectivity index (χ0n) is 40.4. The molecule has 0 spiro atoms. The summed E-state index contributed by atoms with van der Waals surface area (Å²) >= 11 is 0. The van der Waals surface area contributed by atoms with Gasteiger partial charge in [-0.1, -0.05) is 189 Å². The largest absolute Gasteiger partial charge is 0.462 e. The number of ether oxygens (including phenoxy) is 3. The minimum Gasteiger partial charge on any atom is -0.462 e. The van der Waals surface area contributed by atoms with Crippen LogP contribution < -0.4 is 0 Å². The number of carbonyl (C=O) groups excluding carboxylic acids is 3. The molecule has 0 saturated carbocycles. The van der Waals surface area contributed by atoms with Crippen LogP contribution in [0.5, 0.6) is 0 Å². The molecule has 1 atom stereocenters. The van der Waals surface area contributed by atoms with Crippen LogP contribution in [0.3, 0.4) is 0 Å². The Kier molecular flexibility index (Phi) is 47.5. The van der Waals surface area contributed by atoms with Crippen molar-refractivity contribution in [3.8, 4) is 0 Å². The van der Waals surface area contributed by atoms with E-state index in [2.05, 4.69) is 106 Å². The number of unbranched alkanes of at least 4 members (excludes halogenated alkanes) is 20. The third-order valence-corrected chi connectivity index (χ3v) is 10.6. The molecule has 0 bridgehead atoms. The molecular weight excluding hydrogens is 769 g/mol. The smallest absolute Gasteiger partial charge is 0.306 e. The highest BCUT2D eigenvalue weighted by Gasteiger charge is 2.19. The number of hydrogen-bond acceptors (Lipinski definition) is 6. The molecule has 0 N–H and O–H groups in total. The van der Waals surface area contributed by atoms with Crippen molar-refractivity contribution in [2.24, 2.45) is 0 Å². The monoisotopic (exact) mass is 863 g/mol. The zero-order valence-corrected chi connectivity index (χ0v) is 40.4. The second-order valence-electron chi connectivity index (χ2n) is 16.7. The van der Waals surface area contributed by atoms with Crippen molar-refractivity contribution in [2.45, 2.75) is 239 Å². The zero-order chi connectivity index (χ0) is 45.1. The van der Waals surface area contributed by atoms with Gasteiger partial charge in [0.2, 0.25) is 0 Å². The van der Waals surface area contributed by atoms with Crippen molar-refractivity contribution < 1.29 is 28.6 Å². The molecule has 0 amide bonds. The lowest BCUT2D eigenvalue weighted by Gasteiger charge is -2.18. The van der Waals surface area contributed by atoms with E-state index in [4.69, 9.17) is 14.2 Å². The lowest BCUT2D eigenvalue weighted by atomic mass is 10.1. The lowest BCUT2D eigenvalue weighted by molar-refractivity contribution is -0.167. The van der Waals surface area contributed by atoms with Crippen LogP contribution in [0.4, 0.5) is 0 Å². The quantitative estimate of drug-likeness (QED) is 0.0263. The second-order valence-corrected chi connectivity index (χ2v) is 16.7. The van der Waals surface area contributed by atoms with Crippen LogP contribution in [0, 0.1) is 0 Å². The number of esters is 3. The van der Waals surface area contributed by atoms with E-state index >= 15 is 0 Å². The topological polar surface area (TPSA) is 78.9 Å². The standard InChI is InChI=1S/C56H94O6/c1-4-7-10-13-16-19-22-24-26-27-28-29-31-32-34-37-40-43-46-49-55(58)61-52-53(51-60-54(57)48-45-42-39-36-21-18-15-12-9-6-3)62-56(59)50-47-44-41-38-35-33-30-25-23-20-17-14-11-8-5-2/h7,10,12,15-17,19-20,24-26,28-30,53H,4-6,8-9,11,13-14,18,21-23,27,31-52H2,1-3H3/b10-7-,15-12-,19-16-,20-17-,26-24-,29-28-,30-25-. The van der Waals surface area contributed by atoms with Crippen molar-refractivity contribution in [3.05, 3.63) is 85.1 Å². The lowest BCUT2D eigenvalue weighted by Crippen LogP contribution is -2.30. The molecule has 6 nitrogen and oxygen atoms in total. The fourth-order valence-corrected chi connectivity index (χ4v) is 6.76. The van der Waals surface area contributed by atoms with Crippen molar-refractivity contribution in [1.29, 1.82) is 0 Å². The van der Waals surface area contributed by atoms with Crippen LogP contribution in [0.2, 0.25) is 0 Å². The predicted octanol–water partition coefficient (Wildman–Crippen LogP) is 16.8. The van der Waals surface area contributed by atoms with Gasteiger partial charge in [0.15, 0.2) is 6.10 Å². The van der Waals surface area contributed by atoms with Gasteiger partial charge in [-0.2, -0.15) is 0 Å². The van der Waals surface area contributed by atoms with Crippen LogP contribution in [0.15, 0.2) is 85.1 Å². The van der Waals surface area contributed by atoms with E-state index < -0.39 is 6.10 Å². The van der Waals surface area contributed by atoms with Crippen molar-refractivity contribution in [3.63, 3.8) is 0 Å². The van der Waals surface area contributed by atoms with E-state index in [0.717, 1.165) is 141 Å². The van der Waals surface area contributed by atoms with Gasteiger partial charge in [-0.15, -0.1) is 0 Å². The van der Waals surface area contributed by atoms with E-state index in [1.54, 1.807) is 0 Å². The molecule has 0 fully saturated rings. The molecule has 1 unspecified atom stereocenters. The average Bonchev–Trinajstić information content (AvgIpc) is 3.27. The third-order valence-electron chi connectivity index (χ3n) is 10.6. The van der Waals surface area contributed by atoms with Gasteiger partial charge in [0.25, 0.3) is 0 Å². The van der Waals surface area contributed by atoms with Crippen LogP contribution in [0.25, 0.3) is 0 Å². The molecule has 62 heavy (non-hydrogen) atoms. The first-order valence-corrected chi connectivity index (χ1v) is 25.6. The molecule has 6 heteroatoms. The first-order chi connectivity index (χ1) is 30.5. The van der Waals surface area contributed by atoms with E-state index in [0.29, 0.717) is 19.3 Å². The Bertz CT molecular complexity index is 1220. The summed E-state index contributed by atoms with van der Waals surface area (Å²) in [6.45, 7) is 6.40. The van der Waals surface area contributed by atoms with Crippen molar-refractivity contribution in [2.75, 3.05) is 13.2 Å². The molecule has 354 valence electrons. The highest BCUT2D eigenvalue weighted by atomic mass is 16.6. The third kappa shape index (κ3) is 47.6. The van der Waals surface area contributed by atoms with E-state index in [9.17, 15) is 14.4 Å². The number of allylic oxidation sites excluding steroid dienone is 14. The maximum Gasteiger partial charge on any atom is 0.306 e. The van der Waals surface area contributed by atoms with Gasteiger partial charge in [0.05, 0.1) is 0 Å². The molecule has 0 aliphatic rings. The summed E-state index contributed by atoms with van der Waals surface area (Å²) < 4.78 is 16.7. The summed E-state index contributed by atoms with van der Waals surface area (Å²) in [5.74, 6) is -0.933. The minimum absolute atomic E-state index is 0.0922. The van der Waals surface area contributed by atoms with E-state index in [1.807, 2.05) is 0 Å². The van der Waals surface area contributed by atoms with Gasteiger partial charge in [-0.25, -0.2) is 0 Å². The van der Waals surface area contributed by atoms with E-state index in [-0.39, 0.29) is 31.1 Å². The van der Waals surface area contributed by atoms with Gasteiger partial charge in [-0.05, 0) is 109 Å². The first kappa shape index (κ1) is 58.6. The summed E-state index contributed by atoms with van der Waals surface area (Å²) in [7, 11) is 0. The Morgan fingerprint density at radius 1 is 0.339 bits per heavy atom. The van der Waals surface area contributed by atoms with Gasteiger partial charge < -0.3 is 14.2 Å². The van der Waals surface area contributed by atoms with Gasteiger partial charge in [-0.3, -0.25) is 14.4 Å². The Morgan fingerprint density at radius 2 is 0.661 bits per heavy atom. The first-order valence-electron chi connectivity index (χ1n) is 25.6. The normalized spacial score (nSPS) is 12.8.